The number of ether oxygens (including phenoxy) is 2. The molecule has 1 aliphatic rings. The molecule has 2 aromatic heterocycles. The molecule has 180 valence electrons. The molecule has 33 heavy (non-hydrogen) atoms. The number of carbonyl (C=O) groups is 2. The van der Waals surface area contributed by atoms with E-state index in [1.54, 1.807) is 24.9 Å². The highest BCUT2D eigenvalue weighted by Gasteiger charge is 2.29. The van der Waals surface area contributed by atoms with Crippen LogP contribution in [0.25, 0.3) is 11.4 Å². The van der Waals surface area contributed by atoms with Gasteiger partial charge in [-0.3, -0.25) is 4.79 Å². The largest absolute Gasteiger partial charge is 0.481 e. The maximum absolute atomic E-state index is 12.0. The Morgan fingerprint density at radius 3 is 2.85 bits per heavy atom. The molecule has 0 spiro atoms. The van der Waals surface area contributed by atoms with Gasteiger partial charge in [0.05, 0.1) is 31.0 Å². The van der Waals surface area contributed by atoms with Gasteiger partial charge < -0.3 is 19.9 Å². The summed E-state index contributed by atoms with van der Waals surface area (Å²) < 4.78 is 12.8. The first-order valence-electron chi connectivity index (χ1n) is 11.3. The van der Waals surface area contributed by atoms with Crippen molar-refractivity contribution < 1.29 is 24.2 Å². The van der Waals surface area contributed by atoms with Crippen LogP contribution in [0.5, 0.6) is 5.88 Å². The molecule has 1 saturated carbocycles. The minimum Gasteiger partial charge on any atom is -0.481 e. The highest BCUT2D eigenvalue weighted by atomic mass is 16.5. The molecular weight excluding hydrogens is 428 g/mol. The summed E-state index contributed by atoms with van der Waals surface area (Å²) in [5.41, 5.74) is 2.24. The van der Waals surface area contributed by atoms with Crippen molar-refractivity contribution in [3.8, 4) is 17.3 Å². The number of carboxylic acid groups (broad SMARTS) is 1. The number of amides is 1. The predicted molar refractivity (Wildman–Crippen MR) is 118 cm³/mol. The highest BCUT2D eigenvalue weighted by Crippen LogP contribution is 2.29. The van der Waals surface area contributed by atoms with Gasteiger partial charge in [-0.1, -0.05) is 25.5 Å². The Labute approximate surface area is 192 Å². The van der Waals surface area contributed by atoms with Crippen LogP contribution in [-0.4, -0.2) is 54.8 Å². The summed E-state index contributed by atoms with van der Waals surface area (Å²) in [6.45, 7) is 6.38. The van der Waals surface area contributed by atoms with Crippen molar-refractivity contribution >= 4 is 12.1 Å². The third kappa shape index (κ3) is 6.39. The molecule has 0 radical (unpaired) electrons. The summed E-state index contributed by atoms with van der Waals surface area (Å²) >= 11 is 0. The van der Waals surface area contributed by atoms with E-state index in [4.69, 9.17) is 9.47 Å². The molecule has 3 rings (SSSR count). The average Bonchev–Trinajstić information content (AvgIpc) is 3.17. The van der Waals surface area contributed by atoms with E-state index in [0.29, 0.717) is 54.0 Å². The van der Waals surface area contributed by atoms with Crippen molar-refractivity contribution in [3.63, 3.8) is 0 Å². The SMILES string of the molecule is CCC(C)COC(=O)NCc1c(-c2cnc(O[C@H]3CCC[C@H](C(=O)O)C3)c(C)n2)nnn1C. The van der Waals surface area contributed by atoms with Crippen LogP contribution in [-0.2, 0) is 23.1 Å². The van der Waals surface area contributed by atoms with Crippen LogP contribution in [0, 0.1) is 18.8 Å². The topological polar surface area (TPSA) is 141 Å². The fraction of sp³-hybridized carbons (Fsp3) is 0.636. The molecule has 2 heterocycles. The van der Waals surface area contributed by atoms with Crippen LogP contribution in [0.2, 0.25) is 0 Å². The van der Waals surface area contributed by atoms with Crippen LogP contribution < -0.4 is 10.1 Å². The minimum atomic E-state index is -0.783. The molecule has 1 aliphatic carbocycles. The van der Waals surface area contributed by atoms with Crippen molar-refractivity contribution in [2.75, 3.05) is 6.61 Å². The van der Waals surface area contributed by atoms with Crippen molar-refractivity contribution in [3.05, 3.63) is 17.6 Å². The molecule has 2 N–H and O–H groups in total. The molecule has 0 aromatic carbocycles. The molecule has 0 bridgehead atoms. The van der Waals surface area contributed by atoms with E-state index in [2.05, 4.69) is 25.6 Å². The summed E-state index contributed by atoms with van der Waals surface area (Å²) in [4.78, 5) is 32.3. The second-order valence-corrected chi connectivity index (χ2v) is 8.56. The average molecular weight is 461 g/mol. The molecular formula is C22H32N6O5. The van der Waals surface area contributed by atoms with Crippen LogP contribution >= 0.6 is 0 Å². The number of aromatic nitrogens is 5. The lowest BCUT2D eigenvalue weighted by Crippen LogP contribution is -2.30. The number of aryl methyl sites for hydroxylation is 2. The normalized spacial score (nSPS) is 19.0. The molecule has 1 fully saturated rings. The summed E-state index contributed by atoms with van der Waals surface area (Å²) in [5, 5.41) is 20.2. The number of carbonyl (C=O) groups excluding carboxylic acids is 1. The van der Waals surface area contributed by atoms with Crippen LogP contribution in [0.1, 0.15) is 57.3 Å². The quantitative estimate of drug-likeness (QED) is 0.577. The van der Waals surface area contributed by atoms with Gasteiger partial charge in [0.25, 0.3) is 0 Å². The number of aliphatic carboxylic acids is 1. The summed E-state index contributed by atoms with van der Waals surface area (Å²) in [5.74, 6) is -0.490. The van der Waals surface area contributed by atoms with Crippen molar-refractivity contribution in [2.45, 2.75) is 65.5 Å². The molecule has 1 unspecified atom stereocenters. The fourth-order valence-electron chi connectivity index (χ4n) is 3.65. The smallest absolute Gasteiger partial charge is 0.407 e. The number of alkyl carbamates (subject to hydrolysis) is 1. The van der Waals surface area contributed by atoms with E-state index < -0.39 is 12.1 Å². The predicted octanol–water partition coefficient (Wildman–Crippen LogP) is 2.88. The molecule has 2 aromatic rings. The third-order valence-corrected chi connectivity index (χ3v) is 5.94. The monoisotopic (exact) mass is 460 g/mol. The Bertz CT molecular complexity index is 978. The van der Waals surface area contributed by atoms with E-state index in [9.17, 15) is 14.7 Å². The van der Waals surface area contributed by atoms with Crippen LogP contribution in [0.3, 0.4) is 0 Å². The number of nitrogens with one attached hydrogen (secondary N) is 1. The number of hydrogen-bond acceptors (Lipinski definition) is 8. The Morgan fingerprint density at radius 1 is 1.36 bits per heavy atom. The Morgan fingerprint density at radius 2 is 2.15 bits per heavy atom. The van der Waals surface area contributed by atoms with Crippen molar-refractivity contribution in [1.82, 2.24) is 30.3 Å². The van der Waals surface area contributed by atoms with E-state index >= 15 is 0 Å². The zero-order valence-corrected chi connectivity index (χ0v) is 19.6. The number of carboxylic acids is 1. The van der Waals surface area contributed by atoms with Gasteiger partial charge in [0.1, 0.15) is 23.2 Å². The van der Waals surface area contributed by atoms with Gasteiger partial charge in [-0.15, -0.1) is 5.10 Å². The molecule has 0 aliphatic heterocycles. The van der Waals surface area contributed by atoms with Crippen molar-refractivity contribution in [2.24, 2.45) is 18.9 Å². The molecule has 1 amide bonds. The zero-order valence-electron chi connectivity index (χ0n) is 19.6. The van der Waals surface area contributed by atoms with Gasteiger partial charge in [0.2, 0.25) is 5.88 Å². The van der Waals surface area contributed by atoms with Crippen LogP contribution in [0.4, 0.5) is 4.79 Å². The first-order chi connectivity index (χ1) is 15.8. The highest BCUT2D eigenvalue weighted by molar-refractivity contribution is 5.70. The Kier molecular flexibility index (Phi) is 8.18. The van der Waals surface area contributed by atoms with Crippen molar-refractivity contribution in [1.29, 1.82) is 0 Å². The lowest BCUT2D eigenvalue weighted by atomic mass is 9.87. The van der Waals surface area contributed by atoms with E-state index in [-0.39, 0.29) is 18.6 Å². The maximum atomic E-state index is 12.0. The van der Waals surface area contributed by atoms with Gasteiger partial charge in [0.15, 0.2) is 0 Å². The molecule has 0 saturated heterocycles. The van der Waals surface area contributed by atoms with Gasteiger partial charge >= 0.3 is 12.1 Å². The molecule has 11 heteroatoms. The second kappa shape index (κ2) is 11.1. The summed E-state index contributed by atoms with van der Waals surface area (Å²) in [6.07, 6.45) is 4.52. The minimum absolute atomic E-state index is 0.176. The number of rotatable bonds is 9. The molecule has 11 nitrogen and oxygen atoms in total. The first-order valence-corrected chi connectivity index (χ1v) is 11.3. The lowest BCUT2D eigenvalue weighted by molar-refractivity contribution is -0.143. The number of hydrogen-bond donors (Lipinski definition) is 2. The second-order valence-electron chi connectivity index (χ2n) is 8.56. The van der Waals surface area contributed by atoms with Gasteiger partial charge in [-0.2, -0.15) is 0 Å². The van der Waals surface area contributed by atoms with E-state index in [1.165, 1.54) is 0 Å². The Hall–Kier alpha value is -3.24. The summed E-state index contributed by atoms with van der Waals surface area (Å²) in [7, 11) is 1.73. The third-order valence-electron chi connectivity index (χ3n) is 5.94. The van der Waals surface area contributed by atoms with Gasteiger partial charge in [-0.25, -0.2) is 19.4 Å². The van der Waals surface area contributed by atoms with Gasteiger partial charge in [-0.05, 0) is 38.5 Å². The zero-order chi connectivity index (χ0) is 24.0. The maximum Gasteiger partial charge on any atom is 0.407 e. The Balaban J connectivity index is 1.66. The first kappa shape index (κ1) is 24.4. The number of nitrogens with zero attached hydrogens (tertiary/aromatic N) is 5. The van der Waals surface area contributed by atoms with E-state index in [1.807, 2.05) is 13.8 Å². The lowest BCUT2D eigenvalue weighted by Gasteiger charge is -2.27. The van der Waals surface area contributed by atoms with Crippen LogP contribution in [0.15, 0.2) is 6.20 Å². The van der Waals surface area contributed by atoms with E-state index in [0.717, 1.165) is 19.3 Å². The van der Waals surface area contributed by atoms with Gasteiger partial charge in [0, 0.05) is 7.05 Å². The standard InChI is InChI=1S/C22H32N6O5/c1-5-13(2)12-32-22(31)24-11-18-19(26-27-28(18)4)17-10-23-20(14(3)25-17)33-16-8-6-7-15(9-16)21(29)30/h10,13,15-16H,5-9,11-12H2,1-4H3,(H,24,31)(H,29,30)/t13?,15-,16-/m0/s1. The summed E-state index contributed by atoms with van der Waals surface area (Å²) in [6, 6.07) is 0. The molecule has 3 atom stereocenters. The fourth-order valence-corrected chi connectivity index (χ4v) is 3.65.